The number of nitrogens with zero attached hydrogens (tertiary/aromatic N) is 2. The summed E-state index contributed by atoms with van der Waals surface area (Å²) in [5, 5.41) is 30.9. The van der Waals surface area contributed by atoms with Crippen molar-refractivity contribution < 1.29 is 36.8 Å². The number of carboxylic acids is 1. The molecule has 2 atom stereocenters. The molecule has 0 radical (unpaired) electrons. The van der Waals surface area contributed by atoms with Crippen LogP contribution in [0.1, 0.15) is 25.7 Å². The van der Waals surface area contributed by atoms with E-state index in [0.717, 1.165) is 4.31 Å². The van der Waals surface area contributed by atoms with E-state index in [2.05, 4.69) is 5.32 Å². The SMILES string of the molecule is N[C@@]1(C(=O)O)CN(S(=O)(=O)N(CC2CCS(=O)(=O)CC2)C2CNC2)C[C@@H]1CCCB(O)O. The van der Waals surface area contributed by atoms with Gasteiger partial charge in [-0.1, -0.05) is 6.42 Å². The summed E-state index contributed by atoms with van der Waals surface area (Å²) in [6, 6.07) is -0.279. The second kappa shape index (κ2) is 9.82. The van der Waals surface area contributed by atoms with E-state index >= 15 is 0 Å². The zero-order chi connectivity index (χ0) is 23.7. The number of sulfone groups is 1. The summed E-state index contributed by atoms with van der Waals surface area (Å²) in [6.45, 7) is 0.701. The van der Waals surface area contributed by atoms with Gasteiger partial charge < -0.3 is 26.2 Å². The number of hydrogen-bond acceptors (Lipinski definition) is 9. The van der Waals surface area contributed by atoms with Crippen LogP contribution in [0, 0.1) is 11.8 Å². The van der Waals surface area contributed by atoms with E-state index in [9.17, 15) is 26.7 Å². The van der Waals surface area contributed by atoms with Crippen molar-refractivity contribution in [2.24, 2.45) is 17.6 Å². The van der Waals surface area contributed by atoms with E-state index in [-0.39, 0.29) is 55.8 Å². The minimum atomic E-state index is -4.03. The third kappa shape index (κ3) is 5.63. The van der Waals surface area contributed by atoms with Gasteiger partial charge in [-0.15, -0.1) is 0 Å². The van der Waals surface area contributed by atoms with Gasteiger partial charge in [-0.3, -0.25) is 4.79 Å². The molecule has 0 aromatic carbocycles. The molecule has 3 aliphatic rings. The number of carboxylic acid groups (broad SMARTS) is 1. The number of aliphatic carboxylic acids is 1. The Morgan fingerprint density at radius 3 is 2.38 bits per heavy atom. The topological polar surface area (TPSA) is 191 Å². The van der Waals surface area contributed by atoms with Crippen LogP contribution in [0.4, 0.5) is 0 Å². The van der Waals surface area contributed by atoms with Gasteiger partial charge in [-0.25, -0.2) is 8.42 Å². The van der Waals surface area contributed by atoms with Crippen molar-refractivity contribution in [1.82, 2.24) is 13.9 Å². The lowest BCUT2D eigenvalue weighted by molar-refractivity contribution is -0.144. The van der Waals surface area contributed by atoms with Gasteiger partial charge in [0.05, 0.1) is 17.5 Å². The Balaban J connectivity index is 1.76. The summed E-state index contributed by atoms with van der Waals surface area (Å²) < 4.78 is 53.2. The average molecular weight is 496 g/mol. The number of rotatable bonds is 10. The third-order valence-corrected chi connectivity index (χ3v) is 10.6. The maximum absolute atomic E-state index is 13.6. The first-order valence-corrected chi connectivity index (χ1v) is 14.1. The minimum absolute atomic E-state index is 0.0435. The number of nitrogens with two attached hydrogens (primary N) is 1. The molecule has 3 aliphatic heterocycles. The van der Waals surface area contributed by atoms with E-state index in [4.69, 9.17) is 15.8 Å². The zero-order valence-electron chi connectivity index (χ0n) is 18.0. The second-order valence-corrected chi connectivity index (χ2v) is 13.4. The Bertz CT molecular complexity index is 884. The fourth-order valence-corrected chi connectivity index (χ4v) is 8.20. The van der Waals surface area contributed by atoms with E-state index in [0.29, 0.717) is 32.4 Å². The Morgan fingerprint density at radius 2 is 1.88 bits per heavy atom. The first-order valence-electron chi connectivity index (χ1n) is 10.9. The van der Waals surface area contributed by atoms with Gasteiger partial charge in [0.25, 0.3) is 10.2 Å². The van der Waals surface area contributed by atoms with Crippen molar-refractivity contribution in [3.63, 3.8) is 0 Å². The van der Waals surface area contributed by atoms with Gasteiger partial charge in [0.15, 0.2) is 0 Å². The highest BCUT2D eigenvalue weighted by Crippen LogP contribution is 2.34. The lowest BCUT2D eigenvalue weighted by atomic mass is 9.78. The van der Waals surface area contributed by atoms with Crippen LogP contribution in [0.2, 0.25) is 6.32 Å². The molecule has 0 saturated carbocycles. The molecule has 0 aromatic heterocycles. The normalized spacial score (nSPS) is 29.8. The molecule has 12 nitrogen and oxygen atoms in total. The molecule has 0 unspecified atom stereocenters. The van der Waals surface area contributed by atoms with E-state index < -0.39 is 44.6 Å². The molecule has 32 heavy (non-hydrogen) atoms. The van der Waals surface area contributed by atoms with Crippen molar-refractivity contribution in [1.29, 1.82) is 0 Å². The first kappa shape index (κ1) is 25.8. The van der Waals surface area contributed by atoms with E-state index in [1.54, 1.807) is 0 Å². The molecule has 3 fully saturated rings. The van der Waals surface area contributed by atoms with Crippen LogP contribution < -0.4 is 11.1 Å². The van der Waals surface area contributed by atoms with Gasteiger partial charge in [-0.05, 0) is 31.5 Å². The molecule has 184 valence electrons. The molecule has 0 aliphatic carbocycles. The zero-order valence-corrected chi connectivity index (χ0v) is 19.6. The van der Waals surface area contributed by atoms with Crippen molar-refractivity contribution in [2.45, 2.75) is 43.6 Å². The molecule has 0 aromatic rings. The Morgan fingerprint density at radius 1 is 1.25 bits per heavy atom. The summed E-state index contributed by atoms with van der Waals surface area (Å²) in [5.74, 6) is -1.96. The molecule has 6 N–H and O–H groups in total. The smallest absolute Gasteiger partial charge is 0.451 e. The maximum atomic E-state index is 13.6. The molecule has 0 bridgehead atoms. The van der Waals surface area contributed by atoms with Crippen LogP contribution in [-0.4, -0.2) is 109 Å². The average Bonchev–Trinajstić information content (AvgIpc) is 3.00. The summed E-state index contributed by atoms with van der Waals surface area (Å²) >= 11 is 0. The van der Waals surface area contributed by atoms with Crippen LogP contribution in [0.3, 0.4) is 0 Å². The Labute approximate surface area is 189 Å². The van der Waals surface area contributed by atoms with Crippen LogP contribution in [0.5, 0.6) is 0 Å². The molecule has 0 amide bonds. The first-order chi connectivity index (χ1) is 14.8. The predicted molar refractivity (Wildman–Crippen MR) is 118 cm³/mol. The summed E-state index contributed by atoms with van der Waals surface area (Å²) in [6.07, 6.45) is 1.39. The van der Waals surface area contributed by atoms with Crippen molar-refractivity contribution in [3.05, 3.63) is 0 Å². The molecule has 3 saturated heterocycles. The van der Waals surface area contributed by atoms with Crippen LogP contribution in [0.25, 0.3) is 0 Å². The monoisotopic (exact) mass is 496 g/mol. The van der Waals surface area contributed by atoms with Crippen LogP contribution >= 0.6 is 0 Å². The van der Waals surface area contributed by atoms with E-state index in [1.807, 2.05) is 0 Å². The van der Waals surface area contributed by atoms with Gasteiger partial charge in [-0.2, -0.15) is 17.0 Å². The van der Waals surface area contributed by atoms with Crippen LogP contribution in [0.15, 0.2) is 0 Å². The molecule has 0 spiro atoms. The molecule has 3 heterocycles. The second-order valence-electron chi connectivity index (χ2n) is 9.23. The lowest BCUT2D eigenvalue weighted by Gasteiger charge is -2.41. The summed E-state index contributed by atoms with van der Waals surface area (Å²) in [7, 11) is -8.62. The van der Waals surface area contributed by atoms with Gasteiger partial charge in [0.1, 0.15) is 15.4 Å². The number of hydrogen-bond donors (Lipinski definition) is 5. The Kier molecular flexibility index (Phi) is 7.92. The number of nitrogens with one attached hydrogen (secondary N) is 1. The van der Waals surface area contributed by atoms with Gasteiger partial charge >= 0.3 is 13.1 Å². The van der Waals surface area contributed by atoms with Crippen molar-refractivity contribution >= 4 is 33.1 Å². The number of carbonyl (C=O) groups is 1. The molecular weight excluding hydrogens is 463 g/mol. The van der Waals surface area contributed by atoms with E-state index in [1.165, 1.54) is 4.31 Å². The Hall–Kier alpha value is -0.805. The largest absolute Gasteiger partial charge is 0.480 e. The van der Waals surface area contributed by atoms with Gasteiger partial charge in [0, 0.05) is 38.6 Å². The standard InChI is InChI=1S/C17H33BN4O8S2/c19-17(16(23)24)12-21(11-14(17)2-1-5-18(25)26)32(29,30)22(15-8-20-9-15)10-13-3-6-31(27,28)7-4-13/h13-15,20,25-26H,1-12,19H2,(H,23,24)/t14-,17-/m0/s1. The quantitative estimate of drug-likeness (QED) is 0.199. The fraction of sp³-hybridized carbons (Fsp3) is 0.941. The predicted octanol–water partition coefficient (Wildman–Crippen LogP) is -2.70. The van der Waals surface area contributed by atoms with Gasteiger partial charge in [0.2, 0.25) is 0 Å². The minimum Gasteiger partial charge on any atom is -0.480 e. The summed E-state index contributed by atoms with van der Waals surface area (Å²) in [5.41, 5.74) is 4.39. The highest BCUT2D eigenvalue weighted by Gasteiger charge is 2.54. The fourth-order valence-electron chi connectivity index (χ4n) is 4.64. The van der Waals surface area contributed by atoms with Crippen molar-refractivity contribution in [2.75, 3.05) is 44.2 Å². The highest BCUT2D eigenvalue weighted by atomic mass is 32.2. The van der Waals surface area contributed by atoms with Crippen LogP contribution in [-0.2, 0) is 24.8 Å². The molecule has 15 heteroatoms. The lowest BCUT2D eigenvalue weighted by Crippen LogP contribution is -2.62. The van der Waals surface area contributed by atoms with Crippen molar-refractivity contribution in [3.8, 4) is 0 Å². The maximum Gasteiger partial charge on any atom is 0.451 e. The summed E-state index contributed by atoms with van der Waals surface area (Å²) in [4.78, 5) is 11.9. The highest BCUT2D eigenvalue weighted by molar-refractivity contribution is 7.91. The third-order valence-electron chi connectivity index (χ3n) is 6.91. The molecule has 3 rings (SSSR count). The molecular formula is C17H33BN4O8S2.